The maximum atomic E-state index is 5.55. The van der Waals surface area contributed by atoms with Crippen molar-refractivity contribution in [3.8, 4) is 0 Å². The average Bonchev–Trinajstić information content (AvgIpc) is 3.10. The van der Waals surface area contributed by atoms with Gasteiger partial charge in [-0.2, -0.15) is 4.98 Å². The van der Waals surface area contributed by atoms with Crippen molar-refractivity contribution in [2.24, 2.45) is 5.92 Å². The summed E-state index contributed by atoms with van der Waals surface area (Å²) in [5.41, 5.74) is 1.19. The molecule has 2 unspecified atom stereocenters. The van der Waals surface area contributed by atoms with Crippen LogP contribution in [0.3, 0.4) is 0 Å². The number of nitrogens with zero attached hydrogens (tertiary/aromatic N) is 2. The summed E-state index contributed by atoms with van der Waals surface area (Å²) in [5.74, 6) is 1.96. The molecule has 112 valence electrons. The van der Waals surface area contributed by atoms with E-state index in [9.17, 15) is 0 Å². The molecular formula is C16H21N3O2. The van der Waals surface area contributed by atoms with E-state index in [-0.39, 0.29) is 0 Å². The van der Waals surface area contributed by atoms with E-state index in [1.54, 1.807) is 0 Å². The van der Waals surface area contributed by atoms with Gasteiger partial charge in [0.05, 0.1) is 12.6 Å². The lowest BCUT2D eigenvalue weighted by Gasteiger charge is -2.13. The van der Waals surface area contributed by atoms with Gasteiger partial charge < -0.3 is 14.6 Å². The van der Waals surface area contributed by atoms with Crippen molar-refractivity contribution in [2.45, 2.75) is 32.4 Å². The lowest BCUT2D eigenvalue weighted by molar-refractivity contribution is 0.105. The zero-order valence-corrected chi connectivity index (χ0v) is 12.3. The fourth-order valence-corrected chi connectivity index (χ4v) is 2.62. The van der Waals surface area contributed by atoms with Gasteiger partial charge in [0.2, 0.25) is 5.89 Å². The van der Waals surface area contributed by atoms with Crippen molar-refractivity contribution < 1.29 is 9.26 Å². The summed E-state index contributed by atoms with van der Waals surface area (Å²) in [4.78, 5) is 4.42. The molecule has 1 aromatic heterocycles. The van der Waals surface area contributed by atoms with E-state index < -0.39 is 0 Å². The summed E-state index contributed by atoms with van der Waals surface area (Å²) in [6.07, 6.45) is 2.17. The molecule has 3 rings (SSSR count). The molecule has 1 aliphatic rings. The molecule has 2 atom stereocenters. The Labute approximate surface area is 124 Å². The Morgan fingerprint density at radius 3 is 2.90 bits per heavy atom. The van der Waals surface area contributed by atoms with Crippen LogP contribution < -0.4 is 5.32 Å². The highest BCUT2D eigenvalue weighted by Gasteiger charge is 2.23. The van der Waals surface area contributed by atoms with Crippen LogP contribution in [0.4, 0.5) is 0 Å². The first kappa shape index (κ1) is 14.2. The van der Waals surface area contributed by atoms with Crippen molar-refractivity contribution in [3.05, 3.63) is 47.6 Å². The first-order valence-corrected chi connectivity index (χ1v) is 7.49. The van der Waals surface area contributed by atoms with Gasteiger partial charge >= 0.3 is 0 Å². The van der Waals surface area contributed by atoms with Gasteiger partial charge in [0.1, 0.15) is 0 Å². The van der Waals surface area contributed by atoms with Crippen molar-refractivity contribution in [3.63, 3.8) is 0 Å². The highest BCUT2D eigenvalue weighted by Crippen LogP contribution is 2.19. The zero-order valence-electron chi connectivity index (χ0n) is 12.3. The topological polar surface area (TPSA) is 60.2 Å². The van der Waals surface area contributed by atoms with Gasteiger partial charge in [-0.3, -0.25) is 0 Å². The molecule has 5 heteroatoms. The van der Waals surface area contributed by atoms with Gasteiger partial charge in [-0.05, 0) is 24.8 Å². The smallest absolute Gasteiger partial charge is 0.240 e. The van der Waals surface area contributed by atoms with Crippen LogP contribution in [0.25, 0.3) is 0 Å². The molecule has 1 aliphatic heterocycles. The Kier molecular flexibility index (Phi) is 4.62. The van der Waals surface area contributed by atoms with Crippen molar-refractivity contribution in [1.82, 2.24) is 15.5 Å². The van der Waals surface area contributed by atoms with Crippen LogP contribution in [-0.2, 0) is 17.7 Å². The lowest BCUT2D eigenvalue weighted by atomic mass is 10.0. The molecule has 2 aromatic rings. The number of hydrogen-bond donors (Lipinski definition) is 1. The molecule has 1 fully saturated rings. The highest BCUT2D eigenvalue weighted by molar-refractivity contribution is 5.18. The SMILES string of the molecule is CC1OCCC1CNCc1nc(Cc2ccccc2)no1. The molecule has 0 amide bonds. The normalized spacial score (nSPS) is 21.8. The third kappa shape index (κ3) is 3.89. The van der Waals surface area contributed by atoms with Gasteiger partial charge in [0.25, 0.3) is 0 Å². The van der Waals surface area contributed by atoms with Crippen LogP contribution in [0.15, 0.2) is 34.9 Å². The number of rotatable bonds is 6. The van der Waals surface area contributed by atoms with E-state index in [2.05, 4.69) is 34.5 Å². The second kappa shape index (κ2) is 6.83. The first-order chi connectivity index (χ1) is 10.3. The third-order valence-electron chi connectivity index (χ3n) is 3.93. The summed E-state index contributed by atoms with van der Waals surface area (Å²) < 4.78 is 10.8. The quantitative estimate of drug-likeness (QED) is 0.882. The Bertz CT molecular complexity index is 556. The first-order valence-electron chi connectivity index (χ1n) is 7.49. The van der Waals surface area contributed by atoms with Crippen LogP contribution >= 0.6 is 0 Å². The second-order valence-corrected chi connectivity index (χ2v) is 5.52. The van der Waals surface area contributed by atoms with Crippen molar-refractivity contribution in [2.75, 3.05) is 13.2 Å². The van der Waals surface area contributed by atoms with Crippen molar-refractivity contribution in [1.29, 1.82) is 0 Å². The predicted octanol–water partition coefficient (Wildman–Crippen LogP) is 2.17. The zero-order chi connectivity index (χ0) is 14.5. The molecule has 0 aliphatic carbocycles. The third-order valence-corrected chi connectivity index (χ3v) is 3.93. The number of aromatic nitrogens is 2. The summed E-state index contributed by atoms with van der Waals surface area (Å²) in [7, 11) is 0. The van der Waals surface area contributed by atoms with E-state index in [1.807, 2.05) is 18.2 Å². The van der Waals surface area contributed by atoms with Crippen LogP contribution in [0, 0.1) is 5.92 Å². The molecular weight excluding hydrogens is 266 g/mol. The van der Waals surface area contributed by atoms with Gasteiger partial charge in [-0.15, -0.1) is 0 Å². The molecule has 2 heterocycles. The van der Waals surface area contributed by atoms with Crippen LogP contribution in [-0.4, -0.2) is 29.4 Å². The Morgan fingerprint density at radius 1 is 1.29 bits per heavy atom. The van der Waals surface area contributed by atoms with Crippen LogP contribution in [0.1, 0.15) is 30.6 Å². The number of hydrogen-bond acceptors (Lipinski definition) is 5. The van der Waals surface area contributed by atoms with Gasteiger partial charge in [0.15, 0.2) is 5.82 Å². The summed E-state index contributed by atoms with van der Waals surface area (Å²) in [5, 5.41) is 7.40. The standard InChI is InChI=1S/C16H21N3O2/c1-12-14(7-8-20-12)10-17-11-16-18-15(19-21-16)9-13-5-3-2-4-6-13/h2-6,12,14,17H,7-11H2,1H3. The fraction of sp³-hybridized carbons (Fsp3) is 0.500. The number of ether oxygens (including phenoxy) is 1. The number of benzene rings is 1. The van der Waals surface area contributed by atoms with Gasteiger partial charge in [-0.25, -0.2) is 0 Å². The molecule has 0 radical (unpaired) electrons. The van der Waals surface area contributed by atoms with Crippen LogP contribution in [0.5, 0.6) is 0 Å². The minimum atomic E-state index is 0.342. The average molecular weight is 287 g/mol. The lowest BCUT2D eigenvalue weighted by Crippen LogP contribution is -2.26. The predicted molar refractivity (Wildman–Crippen MR) is 78.8 cm³/mol. The summed E-state index contributed by atoms with van der Waals surface area (Å²) in [6.45, 7) is 4.54. The van der Waals surface area contributed by atoms with E-state index in [4.69, 9.17) is 9.26 Å². The summed E-state index contributed by atoms with van der Waals surface area (Å²) >= 11 is 0. The number of nitrogens with one attached hydrogen (secondary N) is 1. The fourth-order valence-electron chi connectivity index (χ4n) is 2.62. The summed E-state index contributed by atoms with van der Waals surface area (Å²) in [6, 6.07) is 10.2. The highest BCUT2D eigenvalue weighted by atomic mass is 16.5. The van der Waals surface area contributed by atoms with Crippen molar-refractivity contribution >= 4 is 0 Å². The molecule has 0 saturated carbocycles. The van der Waals surface area contributed by atoms with Crippen LogP contribution in [0.2, 0.25) is 0 Å². The molecule has 0 spiro atoms. The molecule has 1 N–H and O–H groups in total. The maximum Gasteiger partial charge on any atom is 0.240 e. The Balaban J connectivity index is 1.46. The molecule has 5 nitrogen and oxygen atoms in total. The van der Waals surface area contributed by atoms with E-state index in [0.717, 1.165) is 25.4 Å². The second-order valence-electron chi connectivity index (χ2n) is 5.52. The van der Waals surface area contributed by atoms with Gasteiger partial charge in [-0.1, -0.05) is 35.5 Å². The Hall–Kier alpha value is -1.72. The molecule has 0 bridgehead atoms. The maximum absolute atomic E-state index is 5.55. The molecule has 1 saturated heterocycles. The molecule has 21 heavy (non-hydrogen) atoms. The largest absolute Gasteiger partial charge is 0.378 e. The minimum Gasteiger partial charge on any atom is -0.378 e. The minimum absolute atomic E-state index is 0.342. The molecule has 1 aromatic carbocycles. The Morgan fingerprint density at radius 2 is 2.14 bits per heavy atom. The van der Waals surface area contributed by atoms with E-state index >= 15 is 0 Å². The monoisotopic (exact) mass is 287 g/mol. The van der Waals surface area contributed by atoms with E-state index in [1.165, 1.54) is 5.56 Å². The van der Waals surface area contributed by atoms with Gasteiger partial charge in [0, 0.05) is 19.6 Å². The van der Waals surface area contributed by atoms with E-state index in [0.29, 0.717) is 30.9 Å².